The molecule has 0 rings (SSSR count). The smallest absolute Gasteiger partial charge is 0 e. The molecule has 0 heterocycles. The van der Waals surface area contributed by atoms with Crippen LogP contribution in [-0.2, 0) is 0 Å². The Balaban J connectivity index is -0.0000000200. The van der Waals surface area contributed by atoms with E-state index in [0.717, 1.165) is 0 Å². The van der Waals surface area contributed by atoms with Crippen molar-refractivity contribution in [1.82, 2.24) is 0 Å². The molecule has 0 atom stereocenters. The van der Waals surface area contributed by atoms with E-state index in [2.05, 4.69) is 0 Å². The van der Waals surface area contributed by atoms with Gasteiger partial charge in [-0.2, -0.15) is 11.8 Å². The molecule has 0 aliphatic heterocycles. The van der Waals surface area contributed by atoms with Crippen LogP contribution in [0.5, 0.6) is 0 Å². The van der Waals surface area contributed by atoms with Crippen molar-refractivity contribution < 1.29 is 0 Å². The maximum atomic E-state index is 2.04. The first-order valence-electron chi connectivity index (χ1n) is 0.816. The summed E-state index contributed by atoms with van der Waals surface area (Å²) < 4.78 is 0. The Hall–Kier alpha value is 0.895. The molecule has 0 amide bonds. The summed E-state index contributed by atoms with van der Waals surface area (Å²) in [5.41, 5.74) is 0. The van der Waals surface area contributed by atoms with E-state index in [1.54, 1.807) is 11.8 Å². The number of rotatable bonds is 0. The summed E-state index contributed by atoms with van der Waals surface area (Å²) in [6.07, 6.45) is 4.08. The van der Waals surface area contributed by atoms with Gasteiger partial charge in [0.25, 0.3) is 0 Å². The lowest BCUT2D eigenvalue weighted by Crippen LogP contribution is -1.25. The standard InChI is InChI=1S/C2H6S.B.BrH/c1-3-2;;/h1-2H3;;1H. The molecule has 0 saturated carbocycles. The average molecular weight is 154 g/mol. The van der Waals surface area contributed by atoms with E-state index >= 15 is 0 Å². The van der Waals surface area contributed by atoms with Crippen LogP contribution in [0.25, 0.3) is 0 Å². The van der Waals surface area contributed by atoms with Gasteiger partial charge in [0.05, 0.1) is 0 Å². The maximum absolute atomic E-state index is 2.04. The lowest BCUT2D eigenvalue weighted by Gasteiger charge is -1.51. The first-order chi connectivity index (χ1) is 1.41. The van der Waals surface area contributed by atoms with Crippen LogP contribution in [0, 0.1) is 0 Å². The van der Waals surface area contributed by atoms with Crippen molar-refractivity contribution in [2.75, 3.05) is 12.5 Å². The molecule has 0 fully saturated rings. The van der Waals surface area contributed by atoms with Gasteiger partial charge in [0, 0.05) is 8.41 Å². The second kappa shape index (κ2) is 20.7. The van der Waals surface area contributed by atoms with Crippen LogP contribution in [0.15, 0.2) is 0 Å². The first-order valence-corrected chi connectivity index (χ1v) is 2.45. The zero-order valence-corrected chi connectivity index (χ0v) is 5.92. The molecule has 0 aliphatic carbocycles. The van der Waals surface area contributed by atoms with Crippen molar-refractivity contribution in [1.29, 1.82) is 0 Å². The Kier molecular flexibility index (Phi) is 69.7. The summed E-state index contributed by atoms with van der Waals surface area (Å²) in [5, 5.41) is 0. The highest BCUT2D eigenvalue weighted by Crippen LogP contribution is 1.70. The summed E-state index contributed by atoms with van der Waals surface area (Å²) in [6.45, 7) is 0. The molecule has 0 aromatic carbocycles. The summed E-state index contributed by atoms with van der Waals surface area (Å²) in [7, 11) is 0. The van der Waals surface area contributed by atoms with Crippen LogP contribution in [-0.4, -0.2) is 20.9 Å². The van der Waals surface area contributed by atoms with Gasteiger partial charge in [-0.25, -0.2) is 0 Å². The highest BCUT2D eigenvalue weighted by atomic mass is 79.9. The molecule has 0 saturated heterocycles. The monoisotopic (exact) mass is 153 g/mol. The van der Waals surface area contributed by atoms with Crippen molar-refractivity contribution in [3.8, 4) is 0 Å². The molecule has 5 heavy (non-hydrogen) atoms. The van der Waals surface area contributed by atoms with Gasteiger partial charge < -0.3 is 0 Å². The molecule has 0 nitrogen and oxygen atoms in total. The quantitative estimate of drug-likeness (QED) is 0.472. The molecule has 0 N–H and O–H groups in total. The first kappa shape index (κ1) is 16.9. The normalized spacial score (nSPS) is 3.60. The van der Waals surface area contributed by atoms with Gasteiger partial charge in [0.1, 0.15) is 0 Å². The summed E-state index contributed by atoms with van der Waals surface area (Å²) in [4.78, 5) is 0. The Labute approximate surface area is 50.1 Å². The van der Waals surface area contributed by atoms with E-state index in [4.69, 9.17) is 0 Å². The number of thioether (sulfide) groups is 1. The number of hydrogen-bond donors (Lipinski definition) is 0. The number of hydrogen-bond acceptors (Lipinski definition) is 1. The molecule has 0 aromatic rings. The average Bonchev–Trinajstić information content (AvgIpc) is 0.918. The predicted molar refractivity (Wildman–Crippen MR) is 35.5 cm³/mol. The van der Waals surface area contributed by atoms with Crippen LogP contribution in [0.3, 0.4) is 0 Å². The molecule has 0 unspecified atom stereocenters. The fraction of sp³-hybridized carbons (Fsp3) is 1.00. The number of halogens is 1. The third kappa shape index (κ3) is 51.2. The highest BCUT2D eigenvalue weighted by Gasteiger charge is 1.32. The molecule has 31 valence electrons. The summed E-state index contributed by atoms with van der Waals surface area (Å²) in [6, 6.07) is 0. The fourth-order valence-electron chi connectivity index (χ4n) is 0. The molecule has 0 spiro atoms. The third-order valence-electron chi connectivity index (χ3n) is 0. The van der Waals surface area contributed by atoms with Gasteiger partial charge in [-0.3, -0.25) is 0 Å². The SMILES string of the molecule is Br.CSC.[B]. The zero-order valence-electron chi connectivity index (χ0n) is 3.39. The minimum absolute atomic E-state index is 0. The third-order valence-corrected chi connectivity index (χ3v) is 0. The van der Waals surface area contributed by atoms with Crippen LogP contribution < -0.4 is 0 Å². The van der Waals surface area contributed by atoms with Gasteiger partial charge in [-0.1, -0.05) is 0 Å². The van der Waals surface area contributed by atoms with Crippen LogP contribution in [0.2, 0.25) is 0 Å². The van der Waals surface area contributed by atoms with Gasteiger partial charge in [0.15, 0.2) is 0 Å². The Morgan fingerprint density at radius 3 is 1.20 bits per heavy atom. The summed E-state index contributed by atoms with van der Waals surface area (Å²) >= 11 is 1.75. The second-order valence-corrected chi connectivity index (χ2v) is 1.22. The topological polar surface area (TPSA) is 0 Å². The van der Waals surface area contributed by atoms with Crippen LogP contribution in [0.4, 0.5) is 0 Å². The van der Waals surface area contributed by atoms with Crippen LogP contribution in [0.1, 0.15) is 0 Å². The predicted octanol–water partition coefficient (Wildman–Crippen LogP) is 1.18. The molecule has 0 aliphatic rings. The van der Waals surface area contributed by atoms with Crippen molar-refractivity contribution in [3.63, 3.8) is 0 Å². The van der Waals surface area contributed by atoms with E-state index in [0.29, 0.717) is 0 Å². The van der Waals surface area contributed by atoms with Gasteiger partial charge in [-0.15, -0.1) is 17.0 Å². The van der Waals surface area contributed by atoms with E-state index in [-0.39, 0.29) is 25.4 Å². The van der Waals surface area contributed by atoms with Crippen molar-refractivity contribution in [2.24, 2.45) is 0 Å². The van der Waals surface area contributed by atoms with E-state index in [1.807, 2.05) is 12.5 Å². The fourth-order valence-corrected chi connectivity index (χ4v) is 0. The highest BCUT2D eigenvalue weighted by molar-refractivity contribution is 8.93. The van der Waals surface area contributed by atoms with Crippen molar-refractivity contribution in [3.05, 3.63) is 0 Å². The van der Waals surface area contributed by atoms with E-state index in [1.165, 1.54) is 0 Å². The molecule has 0 bridgehead atoms. The minimum Gasteiger partial charge on any atom is -0.169 e. The van der Waals surface area contributed by atoms with E-state index in [9.17, 15) is 0 Å². The van der Waals surface area contributed by atoms with Crippen molar-refractivity contribution in [2.45, 2.75) is 0 Å². The largest absolute Gasteiger partial charge is 0.169 e. The van der Waals surface area contributed by atoms with Gasteiger partial charge in [0.2, 0.25) is 0 Å². The Morgan fingerprint density at radius 1 is 1.20 bits per heavy atom. The lowest BCUT2D eigenvalue weighted by molar-refractivity contribution is 2.37. The van der Waals surface area contributed by atoms with Crippen LogP contribution >= 0.6 is 28.7 Å². The molecule has 3 heteroatoms. The second-order valence-electron chi connectivity index (χ2n) is 0.408. The maximum Gasteiger partial charge on any atom is 0 e. The molecular formula is C2H7BBrS. The lowest BCUT2D eigenvalue weighted by atomic mass is 10.8. The molecule has 3 radical (unpaired) electrons. The summed E-state index contributed by atoms with van der Waals surface area (Å²) in [5.74, 6) is 0. The van der Waals surface area contributed by atoms with E-state index < -0.39 is 0 Å². The Bertz CT molecular complexity index is 9.61. The Morgan fingerprint density at radius 2 is 1.20 bits per heavy atom. The zero-order chi connectivity index (χ0) is 2.71. The van der Waals surface area contributed by atoms with Gasteiger partial charge >= 0.3 is 0 Å². The van der Waals surface area contributed by atoms with Crippen molar-refractivity contribution >= 4 is 37.2 Å². The minimum atomic E-state index is 0. The molecule has 0 aromatic heterocycles. The molecular weight excluding hydrogens is 147 g/mol. The van der Waals surface area contributed by atoms with Gasteiger partial charge in [-0.05, 0) is 12.5 Å².